The first-order valence-electron chi connectivity index (χ1n) is 11.1. The van der Waals surface area contributed by atoms with Crippen molar-refractivity contribution in [2.75, 3.05) is 32.7 Å². The maximum atomic E-state index is 13.5. The summed E-state index contributed by atoms with van der Waals surface area (Å²) in [7, 11) is 0. The number of nitrogens with zero attached hydrogens (tertiary/aromatic N) is 3. The largest absolute Gasteiger partial charge is 0.481 e. The van der Waals surface area contributed by atoms with Crippen molar-refractivity contribution >= 4 is 29.4 Å². The van der Waals surface area contributed by atoms with Gasteiger partial charge in [-0.3, -0.25) is 19.3 Å². The summed E-state index contributed by atoms with van der Waals surface area (Å²) in [6.07, 6.45) is 1.96. The van der Waals surface area contributed by atoms with Crippen LogP contribution in [0.15, 0.2) is 24.3 Å². The van der Waals surface area contributed by atoms with E-state index in [9.17, 15) is 19.5 Å². The Hall–Kier alpha value is -2.12. The highest BCUT2D eigenvalue weighted by atomic mass is 35.5. The van der Waals surface area contributed by atoms with Crippen LogP contribution in [0.4, 0.5) is 0 Å². The van der Waals surface area contributed by atoms with Crippen molar-refractivity contribution in [2.45, 2.75) is 51.6 Å². The van der Waals surface area contributed by atoms with Gasteiger partial charge >= 0.3 is 5.97 Å². The number of hydrogen-bond acceptors (Lipinski definition) is 4. The fourth-order valence-corrected chi connectivity index (χ4v) is 4.92. The summed E-state index contributed by atoms with van der Waals surface area (Å²) < 4.78 is 0. The van der Waals surface area contributed by atoms with E-state index in [1.165, 1.54) is 0 Å². The maximum Gasteiger partial charge on any atom is 0.304 e. The minimum absolute atomic E-state index is 0.0198. The Morgan fingerprint density at radius 2 is 1.77 bits per heavy atom. The highest BCUT2D eigenvalue weighted by Gasteiger charge is 2.40. The molecule has 2 aliphatic rings. The Labute approximate surface area is 188 Å². The summed E-state index contributed by atoms with van der Waals surface area (Å²) in [6.45, 7) is 7.34. The Morgan fingerprint density at radius 3 is 2.32 bits per heavy atom. The molecule has 2 fully saturated rings. The molecular formula is C23H32ClN3O4. The molecule has 0 radical (unpaired) electrons. The molecule has 3 atom stereocenters. The van der Waals surface area contributed by atoms with E-state index < -0.39 is 11.9 Å². The third-order valence-electron chi connectivity index (χ3n) is 6.56. The third kappa shape index (κ3) is 5.77. The minimum atomic E-state index is -0.934. The summed E-state index contributed by atoms with van der Waals surface area (Å²) in [5, 5.41) is 9.93. The van der Waals surface area contributed by atoms with Crippen LogP contribution < -0.4 is 0 Å². The van der Waals surface area contributed by atoms with Gasteiger partial charge in [0.05, 0.1) is 12.5 Å². The van der Waals surface area contributed by atoms with Gasteiger partial charge in [-0.2, -0.15) is 0 Å². The molecule has 3 unspecified atom stereocenters. The van der Waals surface area contributed by atoms with Crippen molar-refractivity contribution in [2.24, 2.45) is 5.92 Å². The molecule has 170 valence electrons. The average Bonchev–Trinajstić information content (AvgIpc) is 2.74. The van der Waals surface area contributed by atoms with Gasteiger partial charge in [0.1, 0.15) is 0 Å². The smallest absolute Gasteiger partial charge is 0.304 e. The Morgan fingerprint density at radius 1 is 1.13 bits per heavy atom. The zero-order chi connectivity index (χ0) is 22.5. The zero-order valence-corrected chi connectivity index (χ0v) is 19.1. The van der Waals surface area contributed by atoms with Gasteiger partial charge in [-0.15, -0.1) is 0 Å². The van der Waals surface area contributed by atoms with Crippen LogP contribution >= 0.6 is 11.6 Å². The van der Waals surface area contributed by atoms with Crippen LogP contribution in [0, 0.1) is 5.92 Å². The molecule has 2 amide bonds. The van der Waals surface area contributed by atoms with Crippen LogP contribution in [0.5, 0.6) is 0 Å². The third-order valence-corrected chi connectivity index (χ3v) is 6.81. The molecule has 8 heteroatoms. The SMILES string of the molecule is CCC(CN1CCN(C(C)=O)CC1)N1C(=O)C(CC(=O)O)CCC1c1ccc(Cl)cc1. The van der Waals surface area contributed by atoms with Crippen molar-refractivity contribution < 1.29 is 19.5 Å². The van der Waals surface area contributed by atoms with Crippen LogP contribution in [0.25, 0.3) is 0 Å². The second-order valence-electron chi connectivity index (χ2n) is 8.55. The lowest BCUT2D eigenvalue weighted by Crippen LogP contribution is -2.55. The molecule has 7 nitrogen and oxygen atoms in total. The first-order chi connectivity index (χ1) is 14.8. The van der Waals surface area contributed by atoms with E-state index in [-0.39, 0.29) is 30.3 Å². The first-order valence-corrected chi connectivity index (χ1v) is 11.4. The Balaban J connectivity index is 1.80. The molecule has 2 heterocycles. The van der Waals surface area contributed by atoms with Crippen LogP contribution in [-0.2, 0) is 14.4 Å². The molecule has 0 aliphatic carbocycles. The second kappa shape index (κ2) is 10.5. The highest BCUT2D eigenvalue weighted by Crippen LogP contribution is 2.38. The van der Waals surface area contributed by atoms with Gasteiger partial charge < -0.3 is 14.9 Å². The van der Waals surface area contributed by atoms with E-state index in [2.05, 4.69) is 11.8 Å². The Bertz CT molecular complexity index is 793. The number of carbonyl (C=O) groups excluding carboxylic acids is 2. The molecule has 2 saturated heterocycles. The molecular weight excluding hydrogens is 418 g/mol. The molecule has 0 spiro atoms. The van der Waals surface area contributed by atoms with Crippen LogP contribution in [0.1, 0.15) is 51.1 Å². The number of aliphatic carboxylic acids is 1. The number of piperazine rings is 1. The number of piperidine rings is 1. The number of carbonyl (C=O) groups is 3. The fourth-order valence-electron chi connectivity index (χ4n) is 4.79. The number of amides is 2. The summed E-state index contributed by atoms with van der Waals surface area (Å²) in [4.78, 5) is 42.5. The summed E-state index contributed by atoms with van der Waals surface area (Å²) >= 11 is 6.07. The van der Waals surface area contributed by atoms with Gasteiger partial charge in [0.25, 0.3) is 0 Å². The van der Waals surface area contributed by atoms with E-state index in [1.807, 2.05) is 34.1 Å². The average molecular weight is 450 g/mol. The molecule has 1 N–H and O–H groups in total. The zero-order valence-electron chi connectivity index (χ0n) is 18.3. The molecule has 0 aromatic heterocycles. The standard InChI is InChI=1S/C23H32ClN3O4/c1-3-20(15-25-10-12-26(13-11-25)16(2)28)27-21(17-4-7-19(24)8-5-17)9-6-18(23(27)31)14-22(29)30/h4-5,7-8,18,20-21H,3,6,9-15H2,1-2H3,(H,29,30). The van der Waals surface area contributed by atoms with Crippen LogP contribution in [0.3, 0.4) is 0 Å². The summed E-state index contributed by atoms with van der Waals surface area (Å²) in [6, 6.07) is 7.49. The van der Waals surface area contributed by atoms with Gasteiger partial charge in [0.15, 0.2) is 0 Å². The lowest BCUT2D eigenvalue weighted by Gasteiger charge is -2.46. The molecule has 31 heavy (non-hydrogen) atoms. The Kier molecular flexibility index (Phi) is 7.94. The van der Waals surface area contributed by atoms with Gasteiger partial charge in [-0.25, -0.2) is 0 Å². The van der Waals surface area contributed by atoms with Gasteiger partial charge in [0.2, 0.25) is 11.8 Å². The van der Waals surface area contributed by atoms with Gasteiger partial charge in [0, 0.05) is 56.6 Å². The topological polar surface area (TPSA) is 81.2 Å². The lowest BCUT2D eigenvalue weighted by molar-refractivity contribution is -0.152. The predicted molar refractivity (Wildman–Crippen MR) is 119 cm³/mol. The number of halogens is 1. The summed E-state index contributed by atoms with van der Waals surface area (Å²) in [5.74, 6) is -1.39. The first kappa shape index (κ1) is 23.5. The van der Waals surface area contributed by atoms with Crippen LogP contribution in [-0.4, -0.2) is 76.4 Å². The van der Waals surface area contributed by atoms with Crippen LogP contribution in [0.2, 0.25) is 5.02 Å². The van der Waals surface area contributed by atoms with Crippen molar-refractivity contribution in [1.29, 1.82) is 0 Å². The van der Waals surface area contributed by atoms with Crippen molar-refractivity contribution in [1.82, 2.24) is 14.7 Å². The summed E-state index contributed by atoms with van der Waals surface area (Å²) in [5.41, 5.74) is 1.03. The van der Waals surface area contributed by atoms with Gasteiger partial charge in [-0.05, 0) is 37.0 Å². The normalized spacial score (nSPS) is 23.6. The maximum absolute atomic E-state index is 13.5. The number of rotatable bonds is 7. The quantitative estimate of drug-likeness (QED) is 0.692. The van der Waals surface area contributed by atoms with E-state index >= 15 is 0 Å². The number of carboxylic acid groups (broad SMARTS) is 1. The highest BCUT2D eigenvalue weighted by molar-refractivity contribution is 6.30. The molecule has 0 bridgehead atoms. The fraction of sp³-hybridized carbons (Fsp3) is 0.609. The van der Waals surface area contributed by atoms with E-state index in [4.69, 9.17) is 11.6 Å². The number of benzene rings is 1. The number of likely N-dealkylation sites (tertiary alicyclic amines) is 1. The molecule has 3 rings (SSSR count). The van der Waals surface area contributed by atoms with Crippen molar-refractivity contribution in [3.8, 4) is 0 Å². The number of hydrogen-bond donors (Lipinski definition) is 1. The molecule has 1 aromatic rings. The van der Waals surface area contributed by atoms with E-state index in [0.29, 0.717) is 24.5 Å². The number of carboxylic acids is 1. The molecule has 0 saturated carbocycles. The molecule has 1 aromatic carbocycles. The van der Waals surface area contributed by atoms with Crippen molar-refractivity contribution in [3.05, 3.63) is 34.9 Å². The minimum Gasteiger partial charge on any atom is -0.481 e. The lowest BCUT2D eigenvalue weighted by atomic mass is 9.85. The monoisotopic (exact) mass is 449 g/mol. The second-order valence-corrected chi connectivity index (χ2v) is 8.99. The molecule has 2 aliphatic heterocycles. The predicted octanol–water partition coefficient (Wildman–Crippen LogP) is 3.04. The van der Waals surface area contributed by atoms with Crippen molar-refractivity contribution in [3.63, 3.8) is 0 Å². The van der Waals surface area contributed by atoms with E-state index in [0.717, 1.165) is 38.0 Å². The van der Waals surface area contributed by atoms with Gasteiger partial charge in [-0.1, -0.05) is 30.7 Å². The van der Waals surface area contributed by atoms with E-state index in [1.54, 1.807) is 6.92 Å².